The second-order valence-electron chi connectivity index (χ2n) is 5.82. The summed E-state index contributed by atoms with van der Waals surface area (Å²) in [6.45, 7) is 0.257. The predicted molar refractivity (Wildman–Crippen MR) is 80.4 cm³/mol. The van der Waals surface area contributed by atoms with Crippen molar-refractivity contribution in [3.8, 4) is 11.3 Å². The monoisotopic (exact) mass is 291 g/mol. The van der Waals surface area contributed by atoms with Gasteiger partial charge in [0.15, 0.2) is 5.69 Å². The summed E-state index contributed by atoms with van der Waals surface area (Å²) in [4.78, 5) is 20.2. The van der Waals surface area contributed by atoms with E-state index in [9.17, 15) is 4.79 Å². The van der Waals surface area contributed by atoms with E-state index >= 15 is 0 Å². The Bertz CT molecular complexity index is 925. The maximum absolute atomic E-state index is 11.7. The van der Waals surface area contributed by atoms with Crippen molar-refractivity contribution in [1.82, 2.24) is 14.5 Å². The topological polar surface area (TPSA) is 57.0 Å². The van der Waals surface area contributed by atoms with Crippen LogP contribution in [-0.2, 0) is 11.3 Å². The van der Waals surface area contributed by atoms with Gasteiger partial charge in [0, 0.05) is 34.3 Å². The Kier molecular flexibility index (Phi) is 2.25. The molecule has 2 aliphatic rings. The van der Waals surface area contributed by atoms with E-state index in [0.29, 0.717) is 11.7 Å². The average molecular weight is 291 g/mol. The summed E-state index contributed by atoms with van der Waals surface area (Å²) in [5, 5.41) is 1.16. The number of para-hydroxylation sites is 1. The number of nitrogens with zero attached hydrogens (tertiary/aromatic N) is 3. The van der Waals surface area contributed by atoms with Crippen molar-refractivity contribution in [3.05, 3.63) is 48.0 Å². The molecule has 0 saturated heterocycles. The summed E-state index contributed by atoms with van der Waals surface area (Å²) in [6.07, 6.45) is 6.06. The van der Waals surface area contributed by atoms with Crippen LogP contribution in [0.15, 0.2) is 36.8 Å². The lowest BCUT2D eigenvalue weighted by molar-refractivity contribution is 0.0531. The highest BCUT2D eigenvalue weighted by Gasteiger charge is 2.30. The Morgan fingerprint density at radius 1 is 1.14 bits per heavy atom. The van der Waals surface area contributed by atoms with Crippen LogP contribution in [-0.4, -0.2) is 20.5 Å². The van der Waals surface area contributed by atoms with Gasteiger partial charge < -0.3 is 9.30 Å². The van der Waals surface area contributed by atoms with Crippen LogP contribution in [0.4, 0.5) is 0 Å². The van der Waals surface area contributed by atoms with Crippen LogP contribution >= 0.6 is 0 Å². The van der Waals surface area contributed by atoms with Gasteiger partial charge in [-0.05, 0) is 18.9 Å². The molecule has 0 bridgehead atoms. The Morgan fingerprint density at radius 2 is 1.95 bits per heavy atom. The van der Waals surface area contributed by atoms with Gasteiger partial charge in [0.2, 0.25) is 0 Å². The maximum atomic E-state index is 11.7. The molecule has 108 valence electrons. The number of carbonyl (C=O) groups is 1. The molecule has 0 amide bonds. The molecule has 1 aromatic carbocycles. The molecule has 2 aromatic heterocycles. The zero-order valence-corrected chi connectivity index (χ0v) is 11.8. The highest BCUT2D eigenvalue weighted by atomic mass is 16.5. The molecule has 1 saturated carbocycles. The van der Waals surface area contributed by atoms with Crippen molar-refractivity contribution in [2.75, 3.05) is 0 Å². The van der Waals surface area contributed by atoms with Gasteiger partial charge in [-0.25, -0.2) is 14.8 Å². The van der Waals surface area contributed by atoms with Crippen molar-refractivity contribution in [3.63, 3.8) is 0 Å². The molecule has 5 nitrogen and oxygen atoms in total. The van der Waals surface area contributed by atoms with E-state index in [4.69, 9.17) is 4.74 Å². The van der Waals surface area contributed by atoms with Crippen LogP contribution in [0.1, 0.15) is 34.9 Å². The second-order valence-corrected chi connectivity index (χ2v) is 5.82. The number of hydrogen-bond donors (Lipinski definition) is 0. The molecule has 1 aliphatic heterocycles. The Hall–Kier alpha value is -2.69. The zero-order valence-electron chi connectivity index (χ0n) is 11.8. The minimum absolute atomic E-state index is 0.257. The van der Waals surface area contributed by atoms with Crippen LogP contribution < -0.4 is 0 Å². The van der Waals surface area contributed by atoms with E-state index in [2.05, 4.69) is 38.9 Å². The van der Waals surface area contributed by atoms with Gasteiger partial charge in [0.1, 0.15) is 12.9 Å². The fourth-order valence-corrected chi connectivity index (χ4v) is 3.21. The van der Waals surface area contributed by atoms with Crippen LogP contribution in [0.25, 0.3) is 22.2 Å². The van der Waals surface area contributed by atoms with E-state index < -0.39 is 0 Å². The lowest BCUT2D eigenvalue weighted by atomic mass is 10.1. The van der Waals surface area contributed by atoms with Crippen LogP contribution in [0.3, 0.4) is 0 Å². The molecular weight excluding hydrogens is 278 g/mol. The molecule has 3 heterocycles. The Labute approximate surface area is 126 Å². The fraction of sp³-hybridized carbons (Fsp3) is 0.235. The minimum Gasteiger partial charge on any atom is -0.456 e. The normalized spacial score (nSPS) is 16.8. The van der Waals surface area contributed by atoms with E-state index in [-0.39, 0.29) is 12.6 Å². The molecule has 1 aliphatic carbocycles. The highest BCUT2D eigenvalue weighted by Crippen LogP contribution is 2.42. The first-order valence-corrected chi connectivity index (χ1v) is 7.44. The van der Waals surface area contributed by atoms with Gasteiger partial charge in [0.25, 0.3) is 0 Å². The summed E-state index contributed by atoms with van der Waals surface area (Å²) in [6, 6.07) is 8.93. The van der Waals surface area contributed by atoms with Gasteiger partial charge in [-0.1, -0.05) is 18.2 Å². The van der Waals surface area contributed by atoms with Gasteiger partial charge in [-0.15, -0.1) is 0 Å². The van der Waals surface area contributed by atoms with Gasteiger partial charge in [0.05, 0.1) is 5.69 Å². The SMILES string of the molecule is O=C1OCc2c1ncnc2-c1cn(C2CC2)c2ccccc12. The Balaban J connectivity index is 1.80. The predicted octanol–water partition coefficient (Wildman–Crippen LogP) is 3.10. The summed E-state index contributed by atoms with van der Waals surface area (Å²) < 4.78 is 7.45. The first kappa shape index (κ1) is 11.9. The van der Waals surface area contributed by atoms with Crippen molar-refractivity contribution < 1.29 is 9.53 Å². The van der Waals surface area contributed by atoms with Crippen LogP contribution in [0.5, 0.6) is 0 Å². The molecular formula is C17H13N3O2. The smallest absolute Gasteiger partial charge is 0.357 e. The third-order valence-electron chi connectivity index (χ3n) is 4.42. The molecule has 0 unspecified atom stereocenters. The van der Waals surface area contributed by atoms with E-state index in [1.54, 1.807) is 0 Å². The van der Waals surface area contributed by atoms with Crippen molar-refractivity contribution in [2.24, 2.45) is 0 Å². The second kappa shape index (κ2) is 4.16. The number of carbonyl (C=O) groups excluding carboxylic acids is 1. The van der Waals surface area contributed by atoms with Crippen molar-refractivity contribution in [2.45, 2.75) is 25.5 Å². The maximum Gasteiger partial charge on any atom is 0.357 e. The first-order valence-electron chi connectivity index (χ1n) is 7.44. The van der Waals surface area contributed by atoms with E-state index in [1.165, 1.54) is 24.7 Å². The molecule has 0 atom stereocenters. The summed E-state index contributed by atoms with van der Waals surface area (Å²) in [7, 11) is 0. The average Bonchev–Trinajstić information content (AvgIpc) is 3.23. The number of aromatic nitrogens is 3. The standard InChI is InChI=1S/C17H13N3O2/c21-17-16-13(8-22-17)15(18-9-19-16)12-7-20(10-5-6-10)14-4-2-1-3-11(12)14/h1-4,7,9-10H,5-6,8H2. The van der Waals surface area contributed by atoms with Gasteiger partial charge >= 0.3 is 5.97 Å². The lowest BCUT2D eigenvalue weighted by Gasteiger charge is -2.02. The summed E-state index contributed by atoms with van der Waals surface area (Å²) in [5.41, 5.74) is 4.28. The quantitative estimate of drug-likeness (QED) is 0.681. The van der Waals surface area contributed by atoms with E-state index in [0.717, 1.165) is 22.2 Å². The summed E-state index contributed by atoms with van der Waals surface area (Å²) in [5.74, 6) is -0.357. The highest BCUT2D eigenvalue weighted by molar-refractivity contribution is 5.99. The Morgan fingerprint density at radius 3 is 2.82 bits per heavy atom. The number of hydrogen-bond acceptors (Lipinski definition) is 4. The fourth-order valence-electron chi connectivity index (χ4n) is 3.21. The number of rotatable bonds is 2. The molecule has 1 fully saturated rings. The molecule has 0 N–H and O–H groups in total. The lowest BCUT2D eigenvalue weighted by Crippen LogP contribution is -1.99. The van der Waals surface area contributed by atoms with Crippen molar-refractivity contribution in [1.29, 1.82) is 0 Å². The molecule has 3 aromatic rings. The molecule has 5 heteroatoms. The summed E-state index contributed by atoms with van der Waals surface area (Å²) >= 11 is 0. The zero-order chi connectivity index (χ0) is 14.7. The first-order chi connectivity index (χ1) is 10.8. The van der Waals surface area contributed by atoms with Crippen LogP contribution in [0, 0.1) is 0 Å². The number of ether oxygens (including phenoxy) is 1. The molecule has 0 radical (unpaired) electrons. The minimum atomic E-state index is -0.357. The number of cyclic esters (lactones) is 1. The van der Waals surface area contributed by atoms with Gasteiger partial charge in [-0.2, -0.15) is 0 Å². The third-order valence-corrected chi connectivity index (χ3v) is 4.42. The third kappa shape index (κ3) is 1.56. The largest absolute Gasteiger partial charge is 0.456 e. The number of esters is 1. The van der Waals surface area contributed by atoms with E-state index in [1.807, 2.05) is 6.07 Å². The van der Waals surface area contributed by atoms with Gasteiger partial charge in [-0.3, -0.25) is 0 Å². The van der Waals surface area contributed by atoms with Crippen molar-refractivity contribution >= 4 is 16.9 Å². The molecule has 5 rings (SSSR count). The number of benzene rings is 1. The molecule has 22 heavy (non-hydrogen) atoms. The molecule has 0 spiro atoms. The van der Waals surface area contributed by atoms with Crippen LogP contribution in [0.2, 0.25) is 0 Å². The number of fused-ring (bicyclic) bond motifs is 2.